The predicted molar refractivity (Wildman–Crippen MR) is 145 cm³/mol. The molecule has 10 heteroatoms. The third-order valence-corrected chi connectivity index (χ3v) is 6.94. The Balaban J connectivity index is 1.31. The summed E-state index contributed by atoms with van der Waals surface area (Å²) in [6, 6.07) is 10.7. The molecule has 8 nitrogen and oxygen atoms in total. The Morgan fingerprint density at radius 1 is 1.07 bits per heavy atom. The maximum atomic E-state index is 13.5. The van der Waals surface area contributed by atoms with Gasteiger partial charge in [-0.25, -0.2) is 23.1 Å². The van der Waals surface area contributed by atoms with Gasteiger partial charge in [-0.1, -0.05) is 12.1 Å². The summed E-state index contributed by atoms with van der Waals surface area (Å²) >= 11 is 0. The average molecular weight is 548 g/mol. The summed E-state index contributed by atoms with van der Waals surface area (Å²) in [6.45, 7) is 7.96. The SMILES string of the molecule is Cc1c(C(=O)OC(C)(C)C)ccc2c1CC[C@@H]2NCc1cc(C(=O)NCc2ccc(F)c(F)c2)nc2ccnn12. The summed E-state index contributed by atoms with van der Waals surface area (Å²) in [7, 11) is 0. The minimum Gasteiger partial charge on any atom is -0.456 e. The zero-order chi connectivity index (χ0) is 28.6. The van der Waals surface area contributed by atoms with Crippen LogP contribution in [0.3, 0.4) is 0 Å². The highest BCUT2D eigenvalue weighted by Gasteiger charge is 2.28. The van der Waals surface area contributed by atoms with Crippen molar-refractivity contribution in [1.29, 1.82) is 0 Å². The zero-order valence-electron chi connectivity index (χ0n) is 22.8. The lowest BCUT2D eigenvalue weighted by Gasteiger charge is -2.21. The number of nitrogens with one attached hydrogen (secondary N) is 2. The first-order chi connectivity index (χ1) is 19.0. The lowest BCUT2D eigenvalue weighted by molar-refractivity contribution is 0.00684. The van der Waals surface area contributed by atoms with Crippen molar-refractivity contribution in [3.8, 4) is 0 Å². The van der Waals surface area contributed by atoms with E-state index in [-0.39, 0.29) is 24.2 Å². The van der Waals surface area contributed by atoms with Gasteiger partial charge in [-0.05, 0) is 87.1 Å². The lowest BCUT2D eigenvalue weighted by Crippen LogP contribution is -2.26. The summed E-state index contributed by atoms with van der Waals surface area (Å²) in [6.07, 6.45) is 3.31. The van der Waals surface area contributed by atoms with Gasteiger partial charge in [0.05, 0.1) is 17.5 Å². The van der Waals surface area contributed by atoms with E-state index >= 15 is 0 Å². The van der Waals surface area contributed by atoms with Crippen LogP contribution >= 0.6 is 0 Å². The van der Waals surface area contributed by atoms with Gasteiger partial charge in [0, 0.05) is 25.2 Å². The summed E-state index contributed by atoms with van der Waals surface area (Å²) in [4.78, 5) is 30.0. The van der Waals surface area contributed by atoms with Crippen molar-refractivity contribution in [2.75, 3.05) is 0 Å². The molecule has 0 unspecified atom stereocenters. The first-order valence-corrected chi connectivity index (χ1v) is 13.1. The van der Waals surface area contributed by atoms with E-state index in [9.17, 15) is 18.4 Å². The highest BCUT2D eigenvalue weighted by molar-refractivity contribution is 5.93. The van der Waals surface area contributed by atoms with Crippen molar-refractivity contribution < 1.29 is 23.1 Å². The summed E-state index contributed by atoms with van der Waals surface area (Å²) in [5.41, 5.74) is 5.13. The number of rotatable bonds is 7. The van der Waals surface area contributed by atoms with Gasteiger partial charge in [0.2, 0.25) is 0 Å². The topological polar surface area (TPSA) is 97.6 Å². The largest absolute Gasteiger partial charge is 0.456 e. The molecule has 0 radical (unpaired) electrons. The van der Waals surface area contributed by atoms with Crippen LogP contribution in [0.15, 0.2) is 48.7 Å². The number of hydrogen-bond acceptors (Lipinski definition) is 6. The number of carbonyl (C=O) groups is 2. The zero-order valence-corrected chi connectivity index (χ0v) is 22.8. The Kier molecular flexibility index (Phi) is 7.37. The molecule has 2 heterocycles. The number of esters is 1. The van der Waals surface area contributed by atoms with Gasteiger partial charge in [0.15, 0.2) is 17.3 Å². The Bertz CT molecular complexity index is 1610. The van der Waals surface area contributed by atoms with E-state index in [4.69, 9.17) is 4.74 Å². The molecule has 4 aromatic rings. The maximum absolute atomic E-state index is 13.5. The van der Waals surface area contributed by atoms with Crippen LogP contribution in [0.4, 0.5) is 8.78 Å². The fourth-order valence-corrected chi connectivity index (χ4v) is 5.02. The van der Waals surface area contributed by atoms with Gasteiger partial charge < -0.3 is 15.4 Å². The van der Waals surface area contributed by atoms with E-state index in [1.165, 1.54) is 6.07 Å². The Morgan fingerprint density at radius 2 is 1.88 bits per heavy atom. The number of ether oxygens (including phenoxy) is 1. The third kappa shape index (κ3) is 5.72. The molecule has 1 atom stereocenters. The number of amides is 1. The highest BCUT2D eigenvalue weighted by Crippen LogP contribution is 2.35. The number of hydrogen-bond donors (Lipinski definition) is 2. The van der Waals surface area contributed by atoms with Crippen LogP contribution in [0.25, 0.3) is 5.65 Å². The maximum Gasteiger partial charge on any atom is 0.338 e. The van der Waals surface area contributed by atoms with E-state index < -0.39 is 23.1 Å². The number of halogens is 2. The van der Waals surface area contributed by atoms with Gasteiger partial charge in [0.25, 0.3) is 5.91 Å². The monoisotopic (exact) mass is 547 g/mol. The lowest BCUT2D eigenvalue weighted by atomic mass is 9.97. The second-order valence-electron chi connectivity index (χ2n) is 10.9. The van der Waals surface area contributed by atoms with Crippen LogP contribution in [-0.4, -0.2) is 32.1 Å². The van der Waals surface area contributed by atoms with Crippen molar-refractivity contribution in [3.63, 3.8) is 0 Å². The molecule has 0 bridgehead atoms. The van der Waals surface area contributed by atoms with E-state index in [0.29, 0.717) is 23.3 Å². The number of aromatic nitrogens is 3. The molecular weight excluding hydrogens is 516 g/mol. The van der Waals surface area contributed by atoms with Crippen LogP contribution in [0, 0.1) is 18.6 Å². The second kappa shape index (κ2) is 10.8. The van der Waals surface area contributed by atoms with E-state index in [0.717, 1.165) is 47.4 Å². The smallest absolute Gasteiger partial charge is 0.338 e. The van der Waals surface area contributed by atoms with E-state index in [2.05, 4.69) is 20.7 Å². The van der Waals surface area contributed by atoms with Crippen molar-refractivity contribution >= 4 is 17.5 Å². The molecule has 0 saturated carbocycles. The highest BCUT2D eigenvalue weighted by atomic mass is 19.2. The van der Waals surface area contributed by atoms with Gasteiger partial charge in [0.1, 0.15) is 11.3 Å². The van der Waals surface area contributed by atoms with E-state index in [1.54, 1.807) is 22.8 Å². The first-order valence-electron chi connectivity index (χ1n) is 13.1. The van der Waals surface area contributed by atoms with Gasteiger partial charge in [-0.2, -0.15) is 5.10 Å². The number of carbonyl (C=O) groups excluding carboxylic acids is 2. The molecule has 2 aromatic carbocycles. The molecule has 0 fully saturated rings. The van der Waals surface area contributed by atoms with Crippen molar-refractivity contribution in [2.24, 2.45) is 0 Å². The van der Waals surface area contributed by atoms with Crippen LogP contribution < -0.4 is 10.6 Å². The molecule has 5 rings (SSSR count). The number of benzene rings is 2. The predicted octanol–water partition coefficient (Wildman–Crippen LogP) is 4.98. The van der Waals surface area contributed by atoms with Crippen LogP contribution in [0.1, 0.15) is 82.0 Å². The standard InChI is InChI=1S/C30H31F2N5O3/c1-17-20-8-10-25(22(20)7-6-21(17)29(39)40-30(2,3)4)33-16-19-14-26(36-27-11-12-35-37(19)27)28(38)34-15-18-5-9-23(31)24(32)13-18/h5-7,9,11-14,25,33H,8,10,15-16H2,1-4H3,(H,34,38)/t25-/m0/s1. The van der Waals surface area contributed by atoms with Gasteiger partial charge >= 0.3 is 5.97 Å². The van der Waals surface area contributed by atoms with E-state index in [1.807, 2.05) is 39.8 Å². The Hall–Kier alpha value is -4.18. The number of nitrogens with zero attached hydrogens (tertiary/aromatic N) is 3. The van der Waals surface area contributed by atoms with Crippen molar-refractivity contribution in [3.05, 3.63) is 99.5 Å². The summed E-state index contributed by atoms with van der Waals surface area (Å²) in [5.74, 6) is -2.67. The quantitative estimate of drug-likeness (QED) is 0.317. The molecular formula is C30H31F2N5O3. The van der Waals surface area contributed by atoms with Crippen LogP contribution in [0.5, 0.6) is 0 Å². The fourth-order valence-electron chi connectivity index (χ4n) is 5.02. The molecule has 0 spiro atoms. The average Bonchev–Trinajstić information content (AvgIpc) is 3.54. The molecule has 0 saturated heterocycles. The molecule has 1 aliphatic carbocycles. The summed E-state index contributed by atoms with van der Waals surface area (Å²) in [5, 5.41) is 10.6. The Morgan fingerprint density at radius 3 is 2.62 bits per heavy atom. The van der Waals surface area contributed by atoms with Crippen molar-refractivity contribution in [1.82, 2.24) is 25.2 Å². The third-order valence-electron chi connectivity index (χ3n) is 6.94. The molecule has 2 N–H and O–H groups in total. The van der Waals surface area contributed by atoms with Crippen LogP contribution in [0.2, 0.25) is 0 Å². The molecule has 40 heavy (non-hydrogen) atoms. The molecule has 2 aromatic heterocycles. The molecule has 208 valence electrons. The second-order valence-corrected chi connectivity index (χ2v) is 10.9. The fraction of sp³-hybridized carbons (Fsp3) is 0.333. The minimum atomic E-state index is -0.969. The number of fused-ring (bicyclic) bond motifs is 2. The summed E-state index contributed by atoms with van der Waals surface area (Å²) < 4.78 is 34.0. The minimum absolute atomic E-state index is 0.0270. The molecule has 1 amide bonds. The van der Waals surface area contributed by atoms with Gasteiger partial charge in [-0.15, -0.1) is 0 Å². The first kappa shape index (κ1) is 27.4. The van der Waals surface area contributed by atoms with Crippen molar-refractivity contribution in [2.45, 2.75) is 65.3 Å². The molecule has 0 aliphatic heterocycles. The van der Waals surface area contributed by atoms with Crippen LogP contribution in [-0.2, 0) is 24.2 Å². The Labute approximate surface area is 230 Å². The van der Waals surface area contributed by atoms with Gasteiger partial charge in [-0.3, -0.25) is 4.79 Å². The molecule has 1 aliphatic rings. The normalized spacial score (nSPS) is 14.8.